The Labute approximate surface area is 75.7 Å². The highest BCUT2D eigenvalue weighted by molar-refractivity contribution is 7.80. The third-order valence-corrected chi connectivity index (χ3v) is 1.67. The molecule has 1 heterocycles. The molecule has 0 saturated heterocycles. The number of aromatic amines is 1. The van der Waals surface area contributed by atoms with Crippen molar-refractivity contribution in [3.8, 4) is 0 Å². The number of carbonyl (C=O) groups excluding carboxylic acids is 1. The molecule has 0 amide bonds. The summed E-state index contributed by atoms with van der Waals surface area (Å²) in [6, 6.07) is 1.66. The van der Waals surface area contributed by atoms with E-state index < -0.39 is 0 Å². The minimum absolute atomic E-state index is 0.394. The van der Waals surface area contributed by atoms with Crippen LogP contribution in [0.25, 0.3) is 0 Å². The zero-order valence-corrected chi connectivity index (χ0v) is 7.48. The van der Waals surface area contributed by atoms with Crippen molar-refractivity contribution in [2.45, 2.75) is 6.92 Å². The number of hydrogen-bond donors (Lipinski definition) is 1. The van der Waals surface area contributed by atoms with Crippen molar-refractivity contribution < 1.29 is 9.53 Å². The van der Waals surface area contributed by atoms with E-state index in [0.29, 0.717) is 22.9 Å². The summed E-state index contributed by atoms with van der Waals surface area (Å²) < 4.78 is 5.07. The van der Waals surface area contributed by atoms with Gasteiger partial charge in [-0.1, -0.05) is 0 Å². The van der Waals surface area contributed by atoms with Gasteiger partial charge in [-0.15, -0.1) is 0 Å². The third-order valence-electron chi connectivity index (χ3n) is 1.34. The van der Waals surface area contributed by atoms with Crippen molar-refractivity contribution in [2.75, 3.05) is 6.61 Å². The van der Waals surface area contributed by atoms with E-state index in [9.17, 15) is 4.79 Å². The summed E-state index contributed by atoms with van der Waals surface area (Å²) in [5.41, 5.74) is 1.25. The van der Waals surface area contributed by atoms with Crippen molar-refractivity contribution in [1.29, 1.82) is 0 Å². The van der Waals surface area contributed by atoms with Gasteiger partial charge in [0.1, 0.15) is 0 Å². The quantitative estimate of drug-likeness (QED) is 0.571. The van der Waals surface area contributed by atoms with Crippen LogP contribution in [0.3, 0.4) is 0 Å². The van der Waals surface area contributed by atoms with Crippen LogP contribution in [0, 0.1) is 0 Å². The Morgan fingerprint density at radius 1 is 1.83 bits per heavy atom. The molecule has 0 aliphatic rings. The van der Waals surface area contributed by atoms with Gasteiger partial charge < -0.3 is 9.72 Å². The fourth-order valence-corrected chi connectivity index (χ4v) is 1.04. The molecule has 0 bridgehead atoms. The molecule has 1 N–H and O–H groups in total. The number of ether oxygens (including phenoxy) is 1. The molecule has 1 rings (SSSR count). The molecular formula is C8H9NO2S. The molecule has 12 heavy (non-hydrogen) atoms. The highest BCUT2D eigenvalue weighted by Crippen LogP contribution is 2.03. The average molecular weight is 183 g/mol. The summed E-state index contributed by atoms with van der Waals surface area (Å²) in [5.74, 6) is 0. The lowest BCUT2D eigenvalue weighted by atomic mass is 10.3. The molecule has 4 heteroatoms. The van der Waals surface area contributed by atoms with Crippen molar-refractivity contribution in [3.63, 3.8) is 0 Å². The first-order valence-electron chi connectivity index (χ1n) is 3.58. The molecular weight excluding hydrogens is 174 g/mol. The third kappa shape index (κ3) is 1.92. The van der Waals surface area contributed by atoms with Crippen LogP contribution in [0.2, 0.25) is 0 Å². The number of H-pyrrole nitrogens is 1. The van der Waals surface area contributed by atoms with Crippen molar-refractivity contribution >= 4 is 23.6 Å². The van der Waals surface area contributed by atoms with Crippen LogP contribution in [-0.4, -0.2) is 22.9 Å². The lowest BCUT2D eigenvalue weighted by Crippen LogP contribution is -2.02. The maximum atomic E-state index is 10.3. The lowest BCUT2D eigenvalue weighted by Gasteiger charge is -2.00. The maximum absolute atomic E-state index is 10.3. The van der Waals surface area contributed by atoms with Crippen LogP contribution in [0.5, 0.6) is 0 Å². The monoisotopic (exact) mass is 183 g/mol. The van der Waals surface area contributed by atoms with Crippen LogP contribution in [0.15, 0.2) is 12.3 Å². The van der Waals surface area contributed by atoms with Crippen LogP contribution in [0.4, 0.5) is 0 Å². The van der Waals surface area contributed by atoms with Gasteiger partial charge in [-0.3, -0.25) is 4.79 Å². The zero-order chi connectivity index (χ0) is 8.97. The van der Waals surface area contributed by atoms with Gasteiger partial charge in [0.2, 0.25) is 5.05 Å². The van der Waals surface area contributed by atoms with E-state index >= 15 is 0 Å². The number of carbonyl (C=O) groups is 1. The van der Waals surface area contributed by atoms with E-state index in [4.69, 9.17) is 17.0 Å². The first-order chi connectivity index (χ1) is 5.77. The maximum Gasteiger partial charge on any atom is 0.207 e. The Kier molecular flexibility index (Phi) is 2.99. The van der Waals surface area contributed by atoms with E-state index in [2.05, 4.69) is 4.98 Å². The van der Waals surface area contributed by atoms with Gasteiger partial charge in [-0.05, 0) is 25.2 Å². The zero-order valence-electron chi connectivity index (χ0n) is 6.66. The van der Waals surface area contributed by atoms with Gasteiger partial charge >= 0.3 is 0 Å². The molecule has 1 aromatic heterocycles. The number of aromatic nitrogens is 1. The van der Waals surface area contributed by atoms with Crippen molar-refractivity contribution in [1.82, 2.24) is 4.98 Å². The Morgan fingerprint density at radius 2 is 2.58 bits per heavy atom. The molecule has 64 valence electrons. The predicted octanol–water partition coefficient (Wildman–Crippen LogP) is 1.54. The fraction of sp³-hybridized carbons (Fsp3) is 0.250. The summed E-state index contributed by atoms with van der Waals surface area (Å²) in [5, 5.41) is 0.394. The topological polar surface area (TPSA) is 42.1 Å². The van der Waals surface area contributed by atoms with E-state index in [-0.39, 0.29) is 0 Å². The Morgan fingerprint density at radius 3 is 3.08 bits per heavy atom. The van der Waals surface area contributed by atoms with Gasteiger partial charge in [0.25, 0.3) is 0 Å². The van der Waals surface area contributed by atoms with Crippen LogP contribution in [-0.2, 0) is 4.74 Å². The molecule has 0 saturated carbocycles. The highest BCUT2D eigenvalue weighted by atomic mass is 32.1. The minimum atomic E-state index is 0.394. The van der Waals surface area contributed by atoms with E-state index in [1.807, 2.05) is 6.92 Å². The summed E-state index contributed by atoms with van der Waals surface area (Å²) >= 11 is 4.91. The molecule has 0 atom stereocenters. The summed E-state index contributed by atoms with van der Waals surface area (Å²) in [6.07, 6.45) is 2.35. The molecule has 0 spiro atoms. The second-order valence-corrected chi connectivity index (χ2v) is 2.56. The van der Waals surface area contributed by atoms with E-state index in [0.717, 1.165) is 6.29 Å². The van der Waals surface area contributed by atoms with Gasteiger partial charge in [-0.25, -0.2) is 0 Å². The molecule has 0 radical (unpaired) electrons. The second kappa shape index (κ2) is 4.01. The average Bonchev–Trinajstić information content (AvgIpc) is 2.52. The van der Waals surface area contributed by atoms with E-state index in [1.54, 1.807) is 12.3 Å². The fourth-order valence-electron chi connectivity index (χ4n) is 0.806. The molecule has 1 aromatic rings. The summed E-state index contributed by atoms with van der Waals surface area (Å²) in [4.78, 5) is 13.1. The van der Waals surface area contributed by atoms with Crippen LogP contribution < -0.4 is 0 Å². The first kappa shape index (κ1) is 8.93. The normalized spacial score (nSPS) is 9.42. The lowest BCUT2D eigenvalue weighted by molar-refractivity contribution is 0.112. The van der Waals surface area contributed by atoms with Crippen LogP contribution >= 0.6 is 12.2 Å². The SMILES string of the molecule is CCOC(=S)c1cc(C=O)c[nH]1. The number of rotatable bonds is 3. The Hall–Kier alpha value is -1.16. The minimum Gasteiger partial charge on any atom is -0.482 e. The molecule has 0 unspecified atom stereocenters. The highest BCUT2D eigenvalue weighted by Gasteiger charge is 2.03. The number of nitrogens with one attached hydrogen (secondary N) is 1. The summed E-state index contributed by atoms with van der Waals surface area (Å²) in [6.45, 7) is 2.39. The molecule has 0 aliphatic heterocycles. The first-order valence-corrected chi connectivity index (χ1v) is 3.99. The molecule has 0 aromatic carbocycles. The standard InChI is InChI=1S/C8H9NO2S/c1-2-11-8(12)7-3-6(5-10)4-9-7/h3-5,9H,2H2,1H3. The van der Waals surface area contributed by atoms with Crippen molar-refractivity contribution in [2.24, 2.45) is 0 Å². The van der Waals surface area contributed by atoms with Crippen LogP contribution in [0.1, 0.15) is 23.0 Å². The number of thiocarbonyl (C=S) groups is 1. The van der Waals surface area contributed by atoms with Crippen molar-refractivity contribution in [3.05, 3.63) is 23.5 Å². The van der Waals surface area contributed by atoms with Gasteiger partial charge in [0, 0.05) is 11.8 Å². The van der Waals surface area contributed by atoms with Gasteiger partial charge in [0.05, 0.1) is 12.3 Å². The molecule has 3 nitrogen and oxygen atoms in total. The Bertz CT molecular complexity index is 293. The molecule has 0 aliphatic carbocycles. The Balaban J connectivity index is 2.74. The van der Waals surface area contributed by atoms with Gasteiger partial charge in [0.15, 0.2) is 6.29 Å². The molecule has 0 fully saturated rings. The largest absolute Gasteiger partial charge is 0.482 e. The predicted molar refractivity (Wildman–Crippen MR) is 49.5 cm³/mol. The number of hydrogen-bond acceptors (Lipinski definition) is 3. The number of aldehydes is 1. The van der Waals surface area contributed by atoms with E-state index in [1.165, 1.54) is 0 Å². The smallest absolute Gasteiger partial charge is 0.207 e. The van der Waals surface area contributed by atoms with Gasteiger partial charge in [-0.2, -0.15) is 0 Å². The second-order valence-electron chi connectivity index (χ2n) is 2.19. The summed E-state index contributed by atoms with van der Waals surface area (Å²) in [7, 11) is 0.